The molecule has 6 amide bonds. The Balaban J connectivity index is 0.000000211. The molecule has 2 aromatic carbocycles. The van der Waals surface area contributed by atoms with Crippen molar-refractivity contribution >= 4 is 58.9 Å². The molecule has 16 nitrogen and oxygen atoms in total. The summed E-state index contributed by atoms with van der Waals surface area (Å²) >= 11 is 0. The van der Waals surface area contributed by atoms with Crippen LogP contribution < -0.4 is 30.2 Å². The Morgan fingerprint density at radius 3 is 1.47 bits per heavy atom. The monoisotopic (exact) mass is 786 g/mol. The van der Waals surface area contributed by atoms with Crippen LogP contribution in [0, 0.1) is 0 Å². The first-order valence-corrected chi connectivity index (χ1v) is 16.3. The number of ether oxygens (including phenoxy) is 4. The Bertz CT molecular complexity index is 1870. The maximum Gasteiger partial charge on any atom is 0.418 e. The molecule has 0 aromatic heterocycles. The molecule has 4 heterocycles. The van der Waals surface area contributed by atoms with Gasteiger partial charge in [0.1, 0.15) is 25.4 Å². The first-order valence-electron chi connectivity index (χ1n) is 16.3. The summed E-state index contributed by atoms with van der Waals surface area (Å²) in [6.45, 7) is 4.58. The first-order chi connectivity index (χ1) is 25.9. The molecule has 2 aromatic rings. The largest absolute Gasteiger partial charge is 0.447 e. The molecular formula is C33H32F6N6O10. The Kier molecular flexibility index (Phi) is 11.6. The fraction of sp³-hybridized carbons (Fsp3) is 0.394. The van der Waals surface area contributed by atoms with E-state index in [-0.39, 0.29) is 81.1 Å². The number of carbonyl (C=O) groups is 6. The van der Waals surface area contributed by atoms with Gasteiger partial charge in [0, 0.05) is 18.3 Å². The average molecular weight is 787 g/mol. The third-order valence-corrected chi connectivity index (χ3v) is 8.31. The molecule has 0 unspecified atom stereocenters. The average Bonchev–Trinajstić information content (AvgIpc) is 3.92. The summed E-state index contributed by atoms with van der Waals surface area (Å²) in [6.07, 6.45) is -13.2. The van der Waals surface area contributed by atoms with Gasteiger partial charge in [-0.2, -0.15) is 26.3 Å². The van der Waals surface area contributed by atoms with Crippen molar-refractivity contribution in [3.05, 3.63) is 60.2 Å². The van der Waals surface area contributed by atoms with Crippen molar-refractivity contribution in [1.82, 2.24) is 10.6 Å². The van der Waals surface area contributed by atoms with Gasteiger partial charge in [-0.25, -0.2) is 19.2 Å². The molecule has 4 aliphatic heterocycles. The smallest absolute Gasteiger partial charge is 0.418 e. The van der Waals surface area contributed by atoms with Gasteiger partial charge in [-0.05, 0) is 42.5 Å². The van der Waals surface area contributed by atoms with E-state index in [4.69, 9.17) is 18.9 Å². The lowest BCUT2D eigenvalue weighted by Crippen LogP contribution is -2.33. The van der Waals surface area contributed by atoms with Crippen molar-refractivity contribution in [3.8, 4) is 0 Å². The minimum atomic E-state index is -4.75. The van der Waals surface area contributed by atoms with Crippen molar-refractivity contribution in [1.29, 1.82) is 0 Å². The number of anilines is 4. The summed E-state index contributed by atoms with van der Waals surface area (Å²) in [5.74, 6) is -0.776. The van der Waals surface area contributed by atoms with E-state index in [0.29, 0.717) is 0 Å². The summed E-state index contributed by atoms with van der Waals surface area (Å²) < 4.78 is 101. The molecule has 4 saturated heterocycles. The Hall–Kier alpha value is -6.22. The number of nitrogens with one attached hydrogen (secondary N) is 2. The van der Waals surface area contributed by atoms with Crippen LogP contribution in [0.2, 0.25) is 0 Å². The Morgan fingerprint density at radius 2 is 1.13 bits per heavy atom. The molecular weight excluding hydrogens is 754 g/mol. The number of hydrogen-bond donors (Lipinski definition) is 2. The van der Waals surface area contributed by atoms with Crippen LogP contribution in [0.3, 0.4) is 0 Å². The second kappa shape index (κ2) is 16.0. The van der Waals surface area contributed by atoms with Crippen LogP contribution in [0.1, 0.15) is 18.1 Å². The lowest BCUT2D eigenvalue weighted by molar-refractivity contribution is -0.137. The van der Waals surface area contributed by atoms with Crippen molar-refractivity contribution in [2.45, 2.75) is 31.5 Å². The molecule has 55 heavy (non-hydrogen) atoms. The summed E-state index contributed by atoms with van der Waals surface area (Å²) in [5, 5.41) is 4.94. The van der Waals surface area contributed by atoms with Gasteiger partial charge in [-0.15, -0.1) is 0 Å². The van der Waals surface area contributed by atoms with Gasteiger partial charge >= 0.3 is 36.7 Å². The normalized spacial score (nSPS) is 19.7. The molecule has 22 heteroatoms. The van der Waals surface area contributed by atoms with Crippen LogP contribution in [0.5, 0.6) is 0 Å². The molecule has 2 N–H and O–H groups in total. The van der Waals surface area contributed by atoms with E-state index in [0.717, 1.165) is 49.9 Å². The zero-order valence-corrected chi connectivity index (χ0v) is 28.7. The number of rotatable bonds is 9. The SMILES string of the molecule is C=CC(=O)NC[C@H]1CN(c2ccc(N3CCOC3=O)c(C(F)(F)F)c2)C(=O)O1.CC(=O)NC[C@H]1CN(c2ccc(N3CCOC3=O)c(C(F)(F)F)c2)C(=O)O1. The predicted octanol–water partition coefficient (Wildman–Crippen LogP) is 4.41. The number of halogens is 6. The number of amides is 6. The third-order valence-electron chi connectivity index (χ3n) is 8.31. The van der Waals surface area contributed by atoms with E-state index < -0.39 is 66.0 Å². The topological polar surface area (TPSA) is 176 Å². The second-order valence-electron chi connectivity index (χ2n) is 12.0. The number of benzene rings is 2. The highest BCUT2D eigenvalue weighted by atomic mass is 19.4. The van der Waals surface area contributed by atoms with E-state index in [1.54, 1.807) is 0 Å². The summed E-state index contributed by atoms with van der Waals surface area (Å²) in [7, 11) is 0. The maximum absolute atomic E-state index is 13.5. The number of carbonyl (C=O) groups excluding carboxylic acids is 6. The maximum atomic E-state index is 13.5. The summed E-state index contributed by atoms with van der Waals surface area (Å²) in [5.41, 5.74) is -2.87. The number of alkyl halides is 6. The van der Waals surface area contributed by atoms with E-state index in [9.17, 15) is 55.1 Å². The van der Waals surface area contributed by atoms with E-state index in [1.807, 2.05) is 0 Å². The summed E-state index contributed by atoms with van der Waals surface area (Å²) in [6, 6.07) is 6.42. The lowest BCUT2D eigenvalue weighted by Gasteiger charge is -2.22. The quantitative estimate of drug-likeness (QED) is 0.210. The number of cyclic esters (lactones) is 4. The third kappa shape index (κ3) is 9.30. The Morgan fingerprint density at radius 1 is 0.709 bits per heavy atom. The van der Waals surface area contributed by atoms with E-state index in [2.05, 4.69) is 17.2 Å². The van der Waals surface area contributed by atoms with Crippen LogP contribution in [-0.4, -0.2) is 101 Å². The minimum absolute atomic E-state index is 0.00115. The summed E-state index contributed by atoms with van der Waals surface area (Å²) in [4.78, 5) is 73.4. The highest BCUT2D eigenvalue weighted by Crippen LogP contribution is 2.42. The molecule has 0 saturated carbocycles. The standard InChI is InChI=1S/C17H16F3N3O5.C16H16F3N3O5/c1-2-14(24)21-8-11-9-23(16(26)28-11)10-3-4-13(12(7-10)17(18,19)20)22-5-6-27-15(22)25;1-9(23)20-7-11-8-22(15(25)27-11)10-2-3-13(12(6-10)16(17,18)19)21-4-5-26-14(21)24/h2-4,7,11H,1,5-6,8-9H2,(H,21,24);2-3,6,11H,4-5,7-8H2,1H3,(H,20,23)/t2*11-/m00/s1. The van der Waals surface area contributed by atoms with Gasteiger partial charge < -0.3 is 29.6 Å². The molecule has 0 bridgehead atoms. The van der Waals surface area contributed by atoms with E-state index >= 15 is 0 Å². The van der Waals surface area contributed by atoms with E-state index in [1.165, 1.54) is 19.1 Å². The highest BCUT2D eigenvalue weighted by Gasteiger charge is 2.42. The zero-order valence-electron chi connectivity index (χ0n) is 28.7. The van der Waals surface area contributed by atoms with Gasteiger partial charge in [-0.3, -0.25) is 29.2 Å². The lowest BCUT2D eigenvalue weighted by atomic mass is 10.1. The van der Waals surface area contributed by atoms with Gasteiger partial charge in [0.2, 0.25) is 11.8 Å². The zero-order chi connectivity index (χ0) is 40.2. The molecule has 296 valence electrons. The van der Waals surface area contributed by atoms with Gasteiger partial charge in [0.15, 0.2) is 0 Å². The van der Waals surface area contributed by atoms with Crippen LogP contribution in [0.4, 0.5) is 68.3 Å². The van der Waals surface area contributed by atoms with Crippen molar-refractivity contribution in [2.75, 3.05) is 72.1 Å². The van der Waals surface area contributed by atoms with Gasteiger partial charge in [0.05, 0.1) is 61.8 Å². The fourth-order valence-corrected chi connectivity index (χ4v) is 5.75. The molecule has 0 radical (unpaired) electrons. The van der Waals surface area contributed by atoms with Gasteiger partial charge in [0.25, 0.3) is 0 Å². The molecule has 0 aliphatic carbocycles. The molecule has 2 atom stereocenters. The highest BCUT2D eigenvalue weighted by molar-refractivity contribution is 5.95. The van der Waals surface area contributed by atoms with Crippen molar-refractivity contribution in [2.24, 2.45) is 0 Å². The fourth-order valence-electron chi connectivity index (χ4n) is 5.75. The number of hydrogen-bond acceptors (Lipinski definition) is 10. The first kappa shape index (κ1) is 40.0. The Labute approximate surface area is 307 Å². The van der Waals surface area contributed by atoms with Gasteiger partial charge in [-0.1, -0.05) is 6.58 Å². The molecule has 6 rings (SSSR count). The number of nitrogens with zero attached hydrogens (tertiary/aromatic N) is 4. The molecule has 4 fully saturated rings. The van der Waals surface area contributed by atoms with Crippen LogP contribution >= 0.6 is 0 Å². The van der Waals surface area contributed by atoms with Crippen LogP contribution in [-0.2, 0) is 40.9 Å². The minimum Gasteiger partial charge on any atom is -0.447 e. The van der Waals surface area contributed by atoms with Crippen molar-refractivity contribution < 1.29 is 74.1 Å². The molecule has 0 spiro atoms. The van der Waals surface area contributed by atoms with Crippen molar-refractivity contribution in [3.63, 3.8) is 0 Å². The second-order valence-corrected chi connectivity index (χ2v) is 12.0. The molecule has 4 aliphatic rings. The predicted molar refractivity (Wildman–Crippen MR) is 177 cm³/mol. The van der Waals surface area contributed by atoms with Crippen LogP contribution in [0.15, 0.2) is 49.1 Å². The van der Waals surface area contributed by atoms with Crippen LogP contribution in [0.25, 0.3) is 0 Å².